The van der Waals surface area contributed by atoms with Crippen molar-refractivity contribution in [1.82, 2.24) is 0 Å². The van der Waals surface area contributed by atoms with Gasteiger partial charge in [0, 0.05) is 6.04 Å². The molecule has 19 heavy (non-hydrogen) atoms. The second kappa shape index (κ2) is 5.78. The summed E-state index contributed by atoms with van der Waals surface area (Å²) in [6, 6.07) is 9.26. The van der Waals surface area contributed by atoms with Gasteiger partial charge in [-0.1, -0.05) is 35.3 Å². The highest BCUT2D eigenvalue weighted by Gasteiger charge is 2.11. The summed E-state index contributed by atoms with van der Waals surface area (Å²) in [6.45, 7) is 1.78. The zero-order valence-electron chi connectivity index (χ0n) is 10.2. The molecule has 0 aliphatic carbocycles. The lowest BCUT2D eigenvalue weighted by atomic mass is 10.1. The molecule has 2 aromatic rings. The molecule has 2 nitrogen and oxygen atoms in total. The molecule has 2 rings (SSSR count). The maximum absolute atomic E-state index is 13.9. The van der Waals surface area contributed by atoms with E-state index in [0.717, 1.165) is 0 Å². The molecule has 100 valence electrons. The van der Waals surface area contributed by atoms with Gasteiger partial charge < -0.3 is 10.5 Å². The number of rotatable bonds is 3. The summed E-state index contributed by atoms with van der Waals surface area (Å²) in [7, 11) is 0. The van der Waals surface area contributed by atoms with Crippen LogP contribution in [-0.4, -0.2) is 0 Å². The van der Waals surface area contributed by atoms with Crippen molar-refractivity contribution in [2.75, 3.05) is 0 Å². The van der Waals surface area contributed by atoms with E-state index >= 15 is 0 Å². The monoisotopic (exact) mass is 299 g/mol. The number of hydrogen-bond donors (Lipinski definition) is 1. The van der Waals surface area contributed by atoms with Gasteiger partial charge in [-0.15, -0.1) is 0 Å². The van der Waals surface area contributed by atoms with Crippen LogP contribution in [0.2, 0.25) is 10.0 Å². The van der Waals surface area contributed by atoms with Crippen LogP contribution < -0.4 is 10.5 Å². The van der Waals surface area contributed by atoms with Crippen LogP contribution in [0, 0.1) is 5.82 Å². The van der Waals surface area contributed by atoms with Crippen molar-refractivity contribution in [3.63, 3.8) is 0 Å². The standard InChI is InChI=1S/C14H12Cl2FNO/c1-8(18)9-5-6-12(11(17)7-9)19-13-4-2-3-10(15)14(13)16/h2-8H,18H2,1H3. The lowest BCUT2D eigenvalue weighted by Gasteiger charge is -2.11. The Morgan fingerprint density at radius 1 is 1.16 bits per heavy atom. The molecule has 2 aromatic carbocycles. The highest BCUT2D eigenvalue weighted by Crippen LogP contribution is 2.35. The molecule has 0 amide bonds. The van der Waals surface area contributed by atoms with Crippen molar-refractivity contribution < 1.29 is 9.13 Å². The third-order valence-corrected chi connectivity index (χ3v) is 3.42. The average Bonchev–Trinajstić information content (AvgIpc) is 2.37. The fourth-order valence-electron chi connectivity index (χ4n) is 1.56. The average molecular weight is 300 g/mol. The molecule has 0 fully saturated rings. The number of nitrogens with two attached hydrogens (primary N) is 1. The molecular formula is C14H12Cl2FNO. The van der Waals surface area contributed by atoms with Crippen LogP contribution in [0.3, 0.4) is 0 Å². The van der Waals surface area contributed by atoms with Crippen molar-refractivity contribution >= 4 is 23.2 Å². The van der Waals surface area contributed by atoms with Gasteiger partial charge in [-0.25, -0.2) is 4.39 Å². The summed E-state index contributed by atoms with van der Waals surface area (Å²) in [4.78, 5) is 0. The van der Waals surface area contributed by atoms with Gasteiger partial charge in [0.2, 0.25) is 0 Å². The normalized spacial score (nSPS) is 12.3. The molecule has 0 aromatic heterocycles. The second-order valence-electron chi connectivity index (χ2n) is 4.13. The Morgan fingerprint density at radius 2 is 1.89 bits per heavy atom. The Hall–Kier alpha value is -1.29. The maximum atomic E-state index is 13.9. The molecule has 0 aliphatic rings. The highest BCUT2D eigenvalue weighted by atomic mass is 35.5. The lowest BCUT2D eigenvalue weighted by Crippen LogP contribution is -2.05. The minimum atomic E-state index is -0.495. The molecule has 0 saturated heterocycles. The summed E-state index contributed by atoms with van der Waals surface area (Å²) >= 11 is 11.8. The van der Waals surface area contributed by atoms with Crippen LogP contribution in [0.5, 0.6) is 11.5 Å². The topological polar surface area (TPSA) is 35.2 Å². The number of hydrogen-bond acceptors (Lipinski definition) is 2. The van der Waals surface area contributed by atoms with E-state index in [9.17, 15) is 4.39 Å². The van der Waals surface area contributed by atoms with Gasteiger partial charge in [-0.05, 0) is 36.8 Å². The van der Waals surface area contributed by atoms with Crippen molar-refractivity contribution in [2.24, 2.45) is 5.73 Å². The van der Waals surface area contributed by atoms with Crippen LogP contribution in [0.15, 0.2) is 36.4 Å². The van der Waals surface area contributed by atoms with Crippen molar-refractivity contribution in [3.8, 4) is 11.5 Å². The van der Waals surface area contributed by atoms with Crippen LogP contribution in [0.1, 0.15) is 18.5 Å². The molecule has 2 N–H and O–H groups in total. The van der Waals surface area contributed by atoms with E-state index in [1.54, 1.807) is 31.2 Å². The van der Waals surface area contributed by atoms with Crippen LogP contribution >= 0.6 is 23.2 Å². The van der Waals surface area contributed by atoms with Crippen LogP contribution in [0.4, 0.5) is 4.39 Å². The lowest BCUT2D eigenvalue weighted by molar-refractivity contribution is 0.441. The highest BCUT2D eigenvalue weighted by molar-refractivity contribution is 6.42. The minimum absolute atomic E-state index is 0.0774. The van der Waals surface area contributed by atoms with E-state index in [-0.39, 0.29) is 16.8 Å². The third-order valence-electron chi connectivity index (χ3n) is 2.62. The van der Waals surface area contributed by atoms with Crippen molar-refractivity contribution in [2.45, 2.75) is 13.0 Å². The van der Waals surface area contributed by atoms with E-state index in [1.807, 2.05) is 0 Å². The SMILES string of the molecule is CC(N)c1ccc(Oc2cccc(Cl)c2Cl)c(F)c1. The molecule has 0 aliphatic heterocycles. The third kappa shape index (κ3) is 3.18. The fourth-order valence-corrected chi connectivity index (χ4v) is 1.89. The fraction of sp³-hybridized carbons (Fsp3) is 0.143. The number of benzene rings is 2. The van der Waals surface area contributed by atoms with Gasteiger partial charge in [0.15, 0.2) is 11.6 Å². The number of halogens is 3. The Morgan fingerprint density at radius 3 is 2.53 bits per heavy atom. The van der Waals surface area contributed by atoms with Crippen LogP contribution in [-0.2, 0) is 0 Å². The van der Waals surface area contributed by atoms with E-state index in [4.69, 9.17) is 33.7 Å². The molecule has 0 spiro atoms. The predicted octanol–water partition coefficient (Wildman–Crippen LogP) is 4.94. The molecule has 0 bridgehead atoms. The van der Waals surface area contributed by atoms with Crippen LogP contribution in [0.25, 0.3) is 0 Å². The van der Waals surface area contributed by atoms with E-state index in [2.05, 4.69) is 0 Å². The smallest absolute Gasteiger partial charge is 0.166 e. The van der Waals surface area contributed by atoms with E-state index < -0.39 is 5.82 Å². The molecule has 1 atom stereocenters. The van der Waals surface area contributed by atoms with Crippen molar-refractivity contribution in [1.29, 1.82) is 0 Å². The zero-order chi connectivity index (χ0) is 14.0. The van der Waals surface area contributed by atoms with Gasteiger partial charge in [-0.3, -0.25) is 0 Å². The summed E-state index contributed by atoms with van der Waals surface area (Å²) in [6.07, 6.45) is 0. The zero-order valence-corrected chi connectivity index (χ0v) is 11.7. The predicted molar refractivity (Wildman–Crippen MR) is 75.5 cm³/mol. The second-order valence-corrected chi connectivity index (χ2v) is 4.92. The molecule has 1 unspecified atom stereocenters. The summed E-state index contributed by atoms with van der Waals surface area (Å²) in [5.41, 5.74) is 6.38. The Labute approximate surface area is 120 Å². The van der Waals surface area contributed by atoms with E-state index in [1.165, 1.54) is 12.1 Å². The van der Waals surface area contributed by atoms with Gasteiger partial charge in [-0.2, -0.15) is 0 Å². The molecular weight excluding hydrogens is 288 g/mol. The van der Waals surface area contributed by atoms with E-state index in [0.29, 0.717) is 16.3 Å². The number of ether oxygens (including phenoxy) is 1. The largest absolute Gasteiger partial charge is 0.453 e. The van der Waals surface area contributed by atoms with Gasteiger partial charge in [0.05, 0.1) is 5.02 Å². The molecule has 0 heterocycles. The molecule has 0 saturated carbocycles. The summed E-state index contributed by atoms with van der Waals surface area (Å²) < 4.78 is 19.3. The Balaban J connectivity index is 2.31. The first kappa shape index (κ1) is 14.1. The van der Waals surface area contributed by atoms with Gasteiger partial charge in [0.1, 0.15) is 10.8 Å². The minimum Gasteiger partial charge on any atom is -0.453 e. The molecule has 5 heteroatoms. The van der Waals surface area contributed by atoms with Gasteiger partial charge in [0.25, 0.3) is 0 Å². The summed E-state index contributed by atoms with van der Waals surface area (Å²) in [5, 5.41) is 0.603. The first-order chi connectivity index (χ1) is 8.99. The first-order valence-electron chi connectivity index (χ1n) is 5.66. The Bertz CT molecular complexity index is 602. The first-order valence-corrected chi connectivity index (χ1v) is 6.41. The quantitative estimate of drug-likeness (QED) is 0.871. The Kier molecular flexibility index (Phi) is 4.30. The summed E-state index contributed by atoms with van der Waals surface area (Å²) in [5.74, 6) is -0.110. The van der Waals surface area contributed by atoms with Gasteiger partial charge >= 0.3 is 0 Å². The van der Waals surface area contributed by atoms with Crippen molar-refractivity contribution in [3.05, 3.63) is 57.8 Å². The molecule has 0 radical (unpaired) electrons. The maximum Gasteiger partial charge on any atom is 0.166 e.